The average molecular weight is 190 g/mol. The van der Waals surface area contributed by atoms with Crippen molar-refractivity contribution in [2.45, 2.75) is 20.3 Å². The van der Waals surface area contributed by atoms with Crippen molar-refractivity contribution in [2.75, 3.05) is 0 Å². The number of rotatable bonds is 3. The van der Waals surface area contributed by atoms with E-state index >= 15 is 0 Å². The normalized spacial score (nSPS) is 10.7. The number of aromatic hydroxyl groups is 1. The summed E-state index contributed by atoms with van der Waals surface area (Å²) in [6.07, 6.45) is 4.09. The summed E-state index contributed by atoms with van der Waals surface area (Å²) in [6, 6.07) is 5.01. The van der Waals surface area contributed by atoms with Crippen molar-refractivity contribution in [3.05, 3.63) is 41.5 Å². The first-order valence-corrected chi connectivity index (χ1v) is 4.65. The van der Waals surface area contributed by atoms with E-state index in [2.05, 4.69) is 0 Å². The molecule has 2 heteroatoms. The number of carbonyl (C=O) groups excluding carboxylic acids is 1. The van der Waals surface area contributed by atoms with E-state index in [1.165, 1.54) is 6.08 Å². The van der Waals surface area contributed by atoms with E-state index in [4.69, 9.17) is 0 Å². The van der Waals surface area contributed by atoms with Gasteiger partial charge in [-0.05, 0) is 31.6 Å². The van der Waals surface area contributed by atoms with Crippen LogP contribution in [0.1, 0.15) is 29.3 Å². The molecule has 0 bridgehead atoms. The van der Waals surface area contributed by atoms with E-state index in [1.54, 1.807) is 24.3 Å². The van der Waals surface area contributed by atoms with Crippen LogP contribution in [0.2, 0.25) is 0 Å². The highest BCUT2D eigenvalue weighted by Crippen LogP contribution is 2.18. The Balaban J connectivity index is 3.00. The first-order chi connectivity index (χ1) is 6.65. The zero-order valence-electron chi connectivity index (χ0n) is 8.45. The molecule has 0 spiro atoms. The number of hydrogen-bond donors (Lipinski definition) is 1. The minimum Gasteiger partial charge on any atom is -0.507 e. The number of phenols is 1. The molecule has 0 aliphatic heterocycles. The van der Waals surface area contributed by atoms with Crippen LogP contribution in [0.4, 0.5) is 0 Å². The van der Waals surface area contributed by atoms with Crippen LogP contribution < -0.4 is 0 Å². The third-order valence-electron chi connectivity index (χ3n) is 1.92. The molecule has 0 radical (unpaired) electrons. The van der Waals surface area contributed by atoms with Crippen molar-refractivity contribution in [1.29, 1.82) is 0 Å². The predicted octanol–water partition coefficient (Wildman–Crippen LogP) is 2.85. The number of carbonyl (C=O) groups is 1. The summed E-state index contributed by atoms with van der Waals surface area (Å²) in [5.41, 5.74) is 1.34. The van der Waals surface area contributed by atoms with E-state index in [-0.39, 0.29) is 11.5 Å². The molecule has 2 nitrogen and oxygen atoms in total. The number of benzene rings is 1. The van der Waals surface area contributed by atoms with Crippen molar-refractivity contribution in [2.24, 2.45) is 0 Å². The Morgan fingerprint density at radius 2 is 2.21 bits per heavy atom. The molecule has 0 saturated carbocycles. The fourth-order valence-corrected chi connectivity index (χ4v) is 1.16. The molecule has 1 rings (SSSR count). The largest absolute Gasteiger partial charge is 0.507 e. The first kappa shape index (κ1) is 10.5. The van der Waals surface area contributed by atoms with Crippen LogP contribution in [0, 0.1) is 6.92 Å². The van der Waals surface area contributed by atoms with Gasteiger partial charge < -0.3 is 5.11 Å². The highest BCUT2D eigenvalue weighted by atomic mass is 16.3. The second-order valence-corrected chi connectivity index (χ2v) is 3.20. The lowest BCUT2D eigenvalue weighted by Gasteiger charge is -2.01. The molecule has 1 N–H and O–H groups in total. The lowest BCUT2D eigenvalue weighted by atomic mass is 10.1. The van der Waals surface area contributed by atoms with E-state index in [1.807, 2.05) is 13.8 Å². The highest BCUT2D eigenvalue weighted by Gasteiger charge is 2.07. The monoisotopic (exact) mass is 190 g/mol. The summed E-state index contributed by atoms with van der Waals surface area (Å²) >= 11 is 0. The summed E-state index contributed by atoms with van der Waals surface area (Å²) in [4.78, 5) is 11.5. The second-order valence-electron chi connectivity index (χ2n) is 3.20. The molecule has 0 amide bonds. The topological polar surface area (TPSA) is 37.3 Å². The van der Waals surface area contributed by atoms with Gasteiger partial charge in [0.25, 0.3) is 0 Å². The lowest BCUT2D eigenvalue weighted by molar-refractivity contribution is 0.104. The molecular formula is C12H14O2. The molecule has 1 aromatic rings. The molecular weight excluding hydrogens is 176 g/mol. The maximum Gasteiger partial charge on any atom is 0.189 e. The molecule has 1 aromatic carbocycles. The van der Waals surface area contributed by atoms with Crippen LogP contribution >= 0.6 is 0 Å². The Labute approximate surface area is 83.9 Å². The highest BCUT2D eigenvalue weighted by molar-refractivity contribution is 6.06. The van der Waals surface area contributed by atoms with Gasteiger partial charge in [0.1, 0.15) is 5.75 Å². The van der Waals surface area contributed by atoms with Crippen LogP contribution in [0.25, 0.3) is 0 Å². The van der Waals surface area contributed by atoms with Crippen LogP contribution in [0.15, 0.2) is 30.4 Å². The first-order valence-electron chi connectivity index (χ1n) is 4.65. The molecule has 0 aliphatic rings. The summed E-state index contributed by atoms with van der Waals surface area (Å²) in [5.74, 6) is -0.102. The Kier molecular flexibility index (Phi) is 3.46. The van der Waals surface area contributed by atoms with Gasteiger partial charge in [0.05, 0.1) is 5.56 Å². The van der Waals surface area contributed by atoms with Crippen LogP contribution in [0.3, 0.4) is 0 Å². The number of aryl methyl sites for hydroxylation is 1. The van der Waals surface area contributed by atoms with Crippen molar-refractivity contribution in [3.8, 4) is 5.75 Å². The summed E-state index contributed by atoms with van der Waals surface area (Å²) in [6.45, 7) is 3.85. The third kappa shape index (κ3) is 2.46. The minimum atomic E-state index is -0.145. The van der Waals surface area contributed by atoms with Gasteiger partial charge in [-0.25, -0.2) is 0 Å². The maximum absolute atomic E-state index is 11.5. The smallest absolute Gasteiger partial charge is 0.189 e. The number of phenolic OH excluding ortho intramolecular Hbond substituents is 1. The Hall–Kier alpha value is -1.57. The molecule has 0 atom stereocenters. The maximum atomic E-state index is 11.5. The molecule has 0 saturated heterocycles. The number of hydrogen-bond acceptors (Lipinski definition) is 2. The number of ketones is 1. The van der Waals surface area contributed by atoms with Crippen molar-refractivity contribution in [1.82, 2.24) is 0 Å². The predicted molar refractivity (Wildman–Crippen MR) is 56.6 cm³/mol. The third-order valence-corrected chi connectivity index (χ3v) is 1.92. The molecule has 0 fully saturated rings. The number of allylic oxidation sites excluding steroid dienone is 2. The Morgan fingerprint density at radius 1 is 1.50 bits per heavy atom. The van der Waals surface area contributed by atoms with Crippen LogP contribution in [0.5, 0.6) is 5.75 Å². The van der Waals surface area contributed by atoms with Gasteiger partial charge in [-0.15, -0.1) is 0 Å². The van der Waals surface area contributed by atoms with Gasteiger partial charge in [0, 0.05) is 0 Å². The second kappa shape index (κ2) is 4.61. The zero-order valence-corrected chi connectivity index (χ0v) is 8.45. The van der Waals surface area contributed by atoms with Crippen molar-refractivity contribution < 1.29 is 9.90 Å². The molecule has 0 aliphatic carbocycles. The molecule has 0 unspecified atom stereocenters. The standard InChI is InChI=1S/C12H14O2/c1-3-4-5-11(13)10-8-9(2)6-7-12(10)14/h4-8,14H,3H2,1-2H3/b5-4+. The Morgan fingerprint density at radius 3 is 2.86 bits per heavy atom. The molecule has 0 aromatic heterocycles. The zero-order chi connectivity index (χ0) is 10.6. The summed E-state index contributed by atoms with van der Waals surface area (Å²) in [5, 5.41) is 9.45. The van der Waals surface area contributed by atoms with Gasteiger partial charge in [0.2, 0.25) is 0 Å². The van der Waals surface area contributed by atoms with E-state index in [0.29, 0.717) is 5.56 Å². The molecule has 0 heterocycles. The van der Waals surface area contributed by atoms with Gasteiger partial charge in [-0.3, -0.25) is 4.79 Å². The SMILES string of the molecule is CC/C=C/C(=O)c1cc(C)ccc1O. The fraction of sp³-hybridized carbons (Fsp3) is 0.250. The van der Waals surface area contributed by atoms with Crippen molar-refractivity contribution >= 4 is 5.78 Å². The molecule has 14 heavy (non-hydrogen) atoms. The van der Waals surface area contributed by atoms with Gasteiger partial charge in [-0.2, -0.15) is 0 Å². The molecule has 74 valence electrons. The van der Waals surface area contributed by atoms with Crippen molar-refractivity contribution in [3.63, 3.8) is 0 Å². The van der Waals surface area contributed by atoms with Gasteiger partial charge in [0.15, 0.2) is 5.78 Å². The van der Waals surface area contributed by atoms with E-state index in [0.717, 1.165) is 12.0 Å². The average Bonchev–Trinajstić information content (AvgIpc) is 2.18. The minimum absolute atomic E-state index is 0.0429. The van der Waals surface area contributed by atoms with Crippen LogP contribution in [-0.4, -0.2) is 10.9 Å². The Bertz CT molecular complexity index is 365. The fourth-order valence-electron chi connectivity index (χ4n) is 1.16. The lowest BCUT2D eigenvalue weighted by Crippen LogP contribution is -1.95. The van der Waals surface area contributed by atoms with Gasteiger partial charge >= 0.3 is 0 Å². The summed E-state index contributed by atoms with van der Waals surface area (Å²) in [7, 11) is 0. The quantitative estimate of drug-likeness (QED) is 0.587. The van der Waals surface area contributed by atoms with E-state index in [9.17, 15) is 9.90 Å². The summed E-state index contributed by atoms with van der Waals surface area (Å²) < 4.78 is 0. The van der Waals surface area contributed by atoms with Gasteiger partial charge in [-0.1, -0.05) is 24.6 Å². The van der Waals surface area contributed by atoms with E-state index < -0.39 is 0 Å². The van der Waals surface area contributed by atoms with Crippen LogP contribution in [-0.2, 0) is 0 Å².